The Balaban J connectivity index is 1.99. The van der Waals surface area contributed by atoms with Crippen LogP contribution in [0.15, 0.2) is 11.3 Å². The molecule has 0 bridgehead atoms. The number of fused-ring (bicyclic) bond motifs is 1. The number of aliphatic carboxylic acids is 1. The van der Waals surface area contributed by atoms with Crippen LogP contribution in [0.2, 0.25) is 0 Å². The van der Waals surface area contributed by atoms with Gasteiger partial charge in [0.2, 0.25) is 0 Å². The first-order chi connectivity index (χ1) is 10.3. The summed E-state index contributed by atoms with van der Waals surface area (Å²) in [5.74, 6) is -3.22. The number of likely N-dealkylation sites (tertiary alicyclic amines) is 1. The predicted molar refractivity (Wildman–Crippen MR) is 70.9 cm³/mol. The number of hydrogen-bond donors (Lipinski definition) is 1. The van der Waals surface area contributed by atoms with E-state index in [9.17, 15) is 27.9 Å². The van der Waals surface area contributed by atoms with Crippen molar-refractivity contribution in [2.45, 2.75) is 50.7 Å². The average Bonchev–Trinajstić information content (AvgIpc) is 2.88. The zero-order valence-electron chi connectivity index (χ0n) is 12.0. The average molecular weight is 317 g/mol. The van der Waals surface area contributed by atoms with Gasteiger partial charge in [-0.2, -0.15) is 13.2 Å². The van der Waals surface area contributed by atoms with Crippen molar-refractivity contribution in [2.24, 2.45) is 11.8 Å². The van der Waals surface area contributed by atoms with E-state index in [2.05, 4.69) is 0 Å². The zero-order valence-corrected chi connectivity index (χ0v) is 12.0. The number of Topliss-reactive ketones (excluding diaryl/α,β-unsaturated/α-hetero) is 1. The Bertz CT molecular complexity index is 541. The van der Waals surface area contributed by atoms with E-state index >= 15 is 0 Å². The minimum Gasteiger partial charge on any atom is -0.480 e. The molecule has 3 rings (SSSR count). The molecule has 1 N–H and O–H groups in total. The third-order valence-corrected chi connectivity index (χ3v) is 5.11. The van der Waals surface area contributed by atoms with Crippen LogP contribution in [0.25, 0.3) is 0 Å². The highest BCUT2D eigenvalue weighted by Crippen LogP contribution is 2.53. The largest absolute Gasteiger partial charge is 0.480 e. The van der Waals surface area contributed by atoms with Gasteiger partial charge < -0.3 is 10.0 Å². The van der Waals surface area contributed by atoms with Crippen LogP contribution in [0, 0.1) is 11.8 Å². The number of alkyl halides is 3. The van der Waals surface area contributed by atoms with Crippen molar-refractivity contribution in [1.29, 1.82) is 0 Å². The van der Waals surface area contributed by atoms with Crippen molar-refractivity contribution in [3.05, 3.63) is 11.3 Å². The lowest BCUT2D eigenvalue weighted by Gasteiger charge is -2.49. The van der Waals surface area contributed by atoms with E-state index in [0.717, 1.165) is 19.3 Å². The summed E-state index contributed by atoms with van der Waals surface area (Å²) in [7, 11) is 0. The van der Waals surface area contributed by atoms with Gasteiger partial charge in [0, 0.05) is 23.7 Å². The van der Waals surface area contributed by atoms with E-state index in [-0.39, 0.29) is 17.4 Å². The lowest BCUT2D eigenvalue weighted by Crippen LogP contribution is -2.50. The summed E-state index contributed by atoms with van der Waals surface area (Å²) in [5.41, 5.74) is 0.210. The number of ketones is 1. The van der Waals surface area contributed by atoms with Crippen LogP contribution in [0.3, 0.4) is 0 Å². The molecule has 0 radical (unpaired) electrons. The van der Waals surface area contributed by atoms with E-state index < -0.39 is 24.0 Å². The molecule has 3 aliphatic rings. The Kier molecular flexibility index (Phi) is 3.69. The molecule has 122 valence electrons. The van der Waals surface area contributed by atoms with Gasteiger partial charge >= 0.3 is 12.1 Å². The van der Waals surface area contributed by atoms with Crippen LogP contribution in [-0.4, -0.2) is 40.5 Å². The van der Waals surface area contributed by atoms with Crippen molar-refractivity contribution >= 4 is 11.8 Å². The van der Waals surface area contributed by atoms with Gasteiger partial charge in [-0.05, 0) is 31.6 Å². The van der Waals surface area contributed by atoms with E-state index in [1.165, 1.54) is 0 Å². The molecule has 1 saturated heterocycles. The second-order valence-electron chi connectivity index (χ2n) is 6.31. The van der Waals surface area contributed by atoms with Gasteiger partial charge in [-0.25, -0.2) is 4.79 Å². The number of carbonyl (C=O) groups excluding carboxylic acids is 1. The topological polar surface area (TPSA) is 57.6 Å². The fourth-order valence-electron chi connectivity index (χ4n) is 4.21. The number of hydrogen-bond acceptors (Lipinski definition) is 3. The first-order valence-corrected chi connectivity index (χ1v) is 7.67. The SMILES string of the molecule is O=C(O)C1CCCN1C1=C(C(=O)C(F)(F)F)C2CCCCC12. The molecule has 22 heavy (non-hydrogen) atoms. The van der Waals surface area contributed by atoms with Crippen LogP contribution >= 0.6 is 0 Å². The minimum atomic E-state index is -4.89. The molecule has 1 heterocycles. The summed E-state index contributed by atoms with van der Waals surface area (Å²) >= 11 is 0. The normalized spacial score (nSPS) is 31.8. The van der Waals surface area contributed by atoms with Crippen molar-refractivity contribution in [2.75, 3.05) is 6.54 Å². The maximum Gasteiger partial charge on any atom is 0.454 e. The molecule has 0 amide bonds. The molecule has 0 aromatic heterocycles. The van der Waals surface area contributed by atoms with Crippen LogP contribution in [0.5, 0.6) is 0 Å². The van der Waals surface area contributed by atoms with E-state index in [1.807, 2.05) is 0 Å². The van der Waals surface area contributed by atoms with Crippen LogP contribution in [0.4, 0.5) is 13.2 Å². The molecule has 4 nitrogen and oxygen atoms in total. The molecule has 0 aromatic rings. The third-order valence-electron chi connectivity index (χ3n) is 5.11. The summed E-state index contributed by atoms with van der Waals surface area (Å²) in [6.07, 6.45) is -0.750. The Morgan fingerprint density at radius 2 is 1.68 bits per heavy atom. The van der Waals surface area contributed by atoms with E-state index in [1.54, 1.807) is 4.90 Å². The standard InChI is InChI=1S/C15H18F3NO3/c16-15(17,18)13(20)11-8-4-1-2-5-9(8)12(11)19-7-3-6-10(19)14(21)22/h8-10H,1-7H2,(H,21,22). The first kappa shape index (κ1) is 15.4. The molecule has 2 aliphatic carbocycles. The fraction of sp³-hybridized carbons (Fsp3) is 0.733. The summed E-state index contributed by atoms with van der Waals surface area (Å²) < 4.78 is 38.6. The highest BCUT2D eigenvalue weighted by Gasteiger charge is 2.54. The van der Waals surface area contributed by atoms with Gasteiger partial charge in [-0.1, -0.05) is 12.8 Å². The summed E-state index contributed by atoms with van der Waals surface area (Å²) in [4.78, 5) is 24.7. The highest BCUT2D eigenvalue weighted by molar-refractivity contribution is 6.02. The van der Waals surface area contributed by atoms with Crippen LogP contribution < -0.4 is 0 Å². The lowest BCUT2D eigenvalue weighted by molar-refractivity contribution is -0.168. The Labute approximate surface area is 126 Å². The third kappa shape index (κ3) is 2.30. The van der Waals surface area contributed by atoms with E-state index in [4.69, 9.17) is 0 Å². The molecule has 3 unspecified atom stereocenters. The van der Waals surface area contributed by atoms with Crippen molar-refractivity contribution in [3.8, 4) is 0 Å². The summed E-state index contributed by atoms with van der Waals surface area (Å²) in [6.45, 7) is 0.421. The highest BCUT2D eigenvalue weighted by atomic mass is 19.4. The number of allylic oxidation sites excluding steroid dienone is 2. The maximum atomic E-state index is 12.9. The number of carboxylic acid groups (broad SMARTS) is 1. The predicted octanol–water partition coefficient (Wildman–Crippen LogP) is 2.74. The number of carbonyl (C=O) groups is 2. The molecule has 7 heteroatoms. The molecule has 0 aromatic carbocycles. The molecule has 3 atom stereocenters. The van der Waals surface area contributed by atoms with Crippen molar-refractivity contribution in [3.63, 3.8) is 0 Å². The number of nitrogens with zero attached hydrogens (tertiary/aromatic N) is 1. The zero-order chi connectivity index (χ0) is 16.1. The Morgan fingerprint density at radius 3 is 2.27 bits per heavy atom. The quantitative estimate of drug-likeness (QED) is 0.869. The fourth-order valence-corrected chi connectivity index (χ4v) is 4.21. The lowest BCUT2D eigenvalue weighted by atomic mass is 9.62. The Morgan fingerprint density at radius 1 is 1.05 bits per heavy atom. The second-order valence-corrected chi connectivity index (χ2v) is 6.31. The van der Waals surface area contributed by atoms with Gasteiger partial charge in [-0.15, -0.1) is 0 Å². The smallest absolute Gasteiger partial charge is 0.454 e. The monoisotopic (exact) mass is 317 g/mol. The molecular formula is C15H18F3NO3. The number of carboxylic acids is 1. The van der Waals surface area contributed by atoms with Gasteiger partial charge in [0.25, 0.3) is 5.78 Å². The minimum absolute atomic E-state index is 0.0741. The second kappa shape index (κ2) is 5.28. The molecule has 0 spiro atoms. The van der Waals surface area contributed by atoms with Crippen LogP contribution in [0.1, 0.15) is 38.5 Å². The summed E-state index contributed by atoms with van der Waals surface area (Å²) in [5, 5.41) is 9.26. The number of halogens is 3. The van der Waals surface area contributed by atoms with Crippen molar-refractivity contribution in [1.82, 2.24) is 4.90 Å². The van der Waals surface area contributed by atoms with Gasteiger partial charge in [-0.3, -0.25) is 4.79 Å². The number of rotatable bonds is 3. The van der Waals surface area contributed by atoms with Crippen molar-refractivity contribution < 1.29 is 27.9 Å². The van der Waals surface area contributed by atoms with Gasteiger partial charge in [0.15, 0.2) is 0 Å². The Hall–Kier alpha value is -1.53. The first-order valence-electron chi connectivity index (χ1n) is 7.67. The van der Waals surface area contributed by atoms with Gasteiger partial charge in [0.05, 0.1) is 0 Å². The van der Waals surface area contributed by atoms with Crippen LogP contribution in [-0.2, 0) is 9.59 Å². The van der Waals surface area contributed by atoms with Gasteiger partial charge in [0.1, 0.15) is 6.04 Å². The summed E-state index contributed by atoms with van der Waals surface area (Å²) in [6, 6.07) is -0.797. The molecule has 2 fully saturated rings. The molecular weight excluding hydrogens is 299 g/mol. The molecule has 1 saturated carbocycles. The molecule has 1 aliphatic heterocycles. The van der Waals surface area contributed by atoms with E-state index in [0.29, 0.717) is 31.5 Å². The maximum absolute atomic E-state index is 12.9.